The number of aromatic nitrogens is 2. The van der Waals surface area contributed by atoms with E-state index in [0.717, 1.165) is 38.9 Å². The predicted molar refractivity (Wildman–Crippen MR) is 112 cm³/mol. The molecule has 0 unspecified atom stereocenters. The molecule has 0 radical (unpaired) electrons. The van der Waals surface area contributed by atoms with Gasteiger partial charge in [-0.2, -0.15) is 0 Å². The maximum Gasteiger partial charge on any atom is 0.139 e. The minimum absolute atomic E-state index is 0.850. The smallest absolute Gasteiger partial charge is 0.139 e. The lowest BCUT2D eigenvalue weighted by Gasteiger charge is -2.23. The molecule has 0 N–H and O–H groups in total. The summed E-state index contributed by atoms with van der Waals surface area (Å²) in [6.45, 7) is 0. The van der Waals surface area contributed by atoms with Gasteiger partial charge in [-0.1, -0.05) is 66.7 Å². The van der Waals surface area contributed by atoms with E-state index in [-0.39, 0.29) is 0 Å². The van der Waals surface area contributed by atoms with Crippen molar-refractivity contribution in [2.24, 2.45) is 0 Å². The van der Waals surface area contributed by atoms with Crippen molar-refractivity contribution in [1.29, 1.82) is 0 Å². The molecule has 3 nitrogen and oxygen atoms in total. The van der Waals surface area contributed by atoms with E-state index in [9.17, 15) is 0 Å². The molecular formula is C24H17N3. The van der Waals surface area contributed by atoms with E-state index >= 15 is 0 Å². The molecule has 128 valence electrons. The number of hydrogen-bond acceptors (Lipinski definition) is 3. The summed E-state index contributed by atoms with van der Waals surface area (Å²) in [5.41, 5.74) is 1.03. The van der Waals surface area contributed by atoms with Gasteiger partial charge in [0, 0.05) is 28.9 Å². The third-order valence-electron chi connectivity index (χ3n) is 4.71. The molecule has 0 spiro atoms. The van der Waals surface area contributed by atoms with E-state index in [1.807, 2.05) is 54.9 Å². The number of rotatable bonds is 3. The lowest BCUT2D eigenvalue weighted by Crippen LogP contribution is -2.12. The quantitative estimate of drug-likeness (QED) is 0.386. The van der Waals surface area contributed by atoms with E-state index in [1.165, 1.54) is 0 Å². The Balaban J connectivity index is 1.72. The molecule has 0 fully saturated rings. The highest BCUT2D eigenvalue weighted by molar-refractivity contribution is 5.89. The molecule has 0 aliphatic rings. The van der Waals surface area contributed by atoms with E-state index in [2.05, 4.69) is 53.4 Å². The zero-order valence-electron chi connectivity index (χ0n) is 14.7. The zero-order valence-corrected chi connectivity index (χ0v) is 14.7. The van der Waals surface area contributed by atoms with Crippen molar-refractivity contribution < 1.29 is 0 Å². The van der Waals surface area contributed by atoms with Crippen molar-refractivity contribution in [2.75, 3.05) is 4.90 Å². The van der Waals surface area contributed by atoms with Gasteiger partial charge in [0.25, 0.3) is 0 Å². The lowest BCUT2D eigenvalue weighted by atomic mass is 10.1. The molecule has 27 heavy (non-hydrogen) atoms. The van der Waals surface area contributed by atoms with Gasteiger partial charge in [0.05, 0.1) is 0 Å². The largest absolute Gasteiger partial charge is 0.279 e. The van der Waals surface area contributed by atoms with Crippen molar-refractivity contribution in [1.82, 2.24) is 9.97 Å². The van der Waals surface area contributed by atoms with E-state index in [4.69, 9.17) is 9.97 Å². The molecule has 5 rings (SSSR count). The van der Waals surface area contributed by atoms with Crippen LogP contribution in [0.25, 0.3) is 21.5 Å². The summed E-state index contributed by atoms with van der Waals surface area (Å²) in [4.78, 5) is 11.5. The number of hydrogen-bond donors (Lipinski definition) is 0. The molecule has 0 saturated carbocycles. The average molecular weight is 347 g/mol. The van der Waals surface area contributed by atoms with Gasteiger partial charge in [0.2, 0.25) is 0 Å². The Bertz CT molecular complexity index is 1150. The van der Waals surface area contributed by atoms with Crippen molar-refractivity contribution >= 4 is 38.9 Å². The highest BCUT2D eigenvalue weighted by Crippen LogP contribution is 2.34. The van der Waals surface area contributed by atoms with Gasteiger partial charge >= 0.3 is 0 Å². The van der Waals surface area contributed by atoms with Crippen LogP contribution in [0.4, 0.5) is 17.3 Å². The van der Waals surface area contributed by atoms with E-state index in [0.29, 0.717) is 0 Å². The maximum absolute atomic E-state index is 4.73. The molecule has 2 heterocycles. The zero-order chi connectivity index (χ0) is 18.1. The first-order valence-corrected chi connectivity index (χ1v) is 8.93. The highest BCUT2D eigenvalue weighted by atomic mass is 15.2. The summed E-state index contributed by atoms with van der Waals surface area (Å²) in [6, 6.07) is 31.0. The minimum Gasteiger partial charge on any atom is -0.279 e. The fourth-order valence-corrected chi connectivity index (χ4v) is 3.35. The van der Waals surface area contributed by atoms with Crippen molar-refractivity contribution in [3.8, 4) is 0 Å². The Labute approximate surface area is 157 Å². The number of nitrogens with zero attached hydrogens (tertiary/aromatic N) is 3. The fraction of sp³-hybridized carbons (Fsp3) is 0. The SMILES string of the molecule is c1ccc(N(c2cc3ccccc3cn2)c2cc3ccccc3cn2)cc1. The Morgan fingerprint density at radius 2 is 0.926 bits per heavy atom. The highest BCUT2D eigenvalue weighted by Gasteiger charge is 2.15. The normalized spacial score (nSPS) is 11.0. The Kier molecular flexibility index (Phi) is 3.76. The summed E-state index contributed by atoms with van der Waals surface area (Å²) in [7, 11) is 0. The molecular weight excluding hydrogens is 330 g/mol. The van der Waals surface area contributed by atoms with Gasteiger partial charge in [0.1, 0.15) is 11.6 Å². The van der Waals surface area contributed by atoms with Crippen LogP contribution in [-0.2, 0) is 0 Å². The van der Waals surface area contributed by atoms with Crippen LogP contribution in [0, 0.1) is 0 Å². The molecule has 3 aromatic carbocycles. The summed E-state index contributed by atoms with van der Waals surface area (Å²) in [6.07, 6.45) is 3.84. The number of fused-ring (bicyclic) bond motifs is 2. The van der Waals surface area contributed by atoms with Gasteiger partial charge in [0.15, 0.2) is 0 Å². The van der Waals surface area contributed by atoms with Crippen LogP contribution in [0.2, 0.25) is 0 Å². The first kappa shape index (κ1) is 15.5. The first-order valence-electron chi connectivity index (χ1n) is 8.93. The Morgan fingerprint density at radius 3 is 1.44 bits per heavy atom. The second-order valence-electron chi connectivity index (χ2n) is 6.45. The monoisotopic (exact) mass is 347 g/mol. The minimum atomic E-state index is 0.850. The van der Waals surface area contributed by atoms with Crippen LogP contribution in [0.3, 0.4) is 0 Å². The number of para-hydroxylation sites is 1. The van der Waals surface area contributed by atoms with Gasteiger partial charge in [-0.3, -0.25) is 4.90 Å². The molecule has 5 aromatic rings. The average Bonchev–Trinajstić information content (AvgIpc) is 2.74. The molecule has 0 atom stereocenters. The van der Waals surface area contributed by atoms with Gasteiger partial charge in [-0.15, -0.1) is 0 Å². The van der Waals surface area contributed by atoms with E-state index in [1.54, 1.807) is 0 Å². The lowest BCUT2D eigenvalue weighted by molar-refractivity contribution is 1.14. The standard InChI is InChI=1S/C24H17N3/c1-2-12-22(13-3-1)27(23-14-18-8-4-6-10-20(18)16-25-23)24-15-19-9-5-7-11-21(19)17-26-24/h1-17H. The topological polar surface area (TPSA) is 29.0 Å². The number of benzene rings is 3. The summed E-state index contributed by atoms with van der Waals surface area (Å²) < 4.78 is 0. The van der Waals surface area contributed by atoms with Crippen molar-refractivity contribution in [3.05, 3.63) is 103 Å². The second kappa shape index (κ2) is 6.54. The fourth-order valence-electron chi connectivity index (χ4n) is 3.35. The second-order valence-corrected chi connectivity index (χ2v) is 6.45. The molecule has 0 aliphatic heterocycles. The van der Waals surface area contributed by atoms with Crippen LogP contribution in [-0.4, -0.2) is 9.97 Å². The first-order chi connectivity index (χ1) is 13.4. The molecule has 0 bridgehead atoms. The molecule has 3 heteroatoms. The summed E-state index contributed by atoms with van der Waals surface area (Å²) in [5.74, 6) is 1.70. The number of anilines is 3. The summed E-state index contributed by atoms with van der Waals surface area (Å²) in [5, 5.41) is 4.56. The predicted octanol–water partition coefficient (Wildman–Crippen LogP) is 6.25. The Morgan fingerprint density at radius 1 is 0.481 bits per heavy atom. The molecule has 2 aromatic heterocycles. The van der Waals surface area contributed by atoms with Crippen LogP contribution in [0.5, 0.6) is 0 Å². The van der Waals surface area contributed by atoms with Gasteiger partial charge < -0.3 is 0 Å². The van der Waals surface area contributed by atoms with Gasteiger partial charge in [-0.05, 0) is 35.0 Å². The van der Waals surface area contributed by atoms with Crippen molar-refractivity contribution in [2.45, 2.75) is 0 Å². The van der Waals surface area contributed by atoms with Crippen molar-refractivity contribution in [3.63, 3.8) is 0 Å². The Hall–Kier alpha value is -3.72. The summed E-state index contributed by atoms with van der Waals surface area (Å²) >= 11 is 0. The molecule has 0 amide bonds. The molecule has 0 aliphatic carbocycles. The third-order valence-corrected chi connectivity index (χ3v) is 4.71. The number of pyridine rings is 2. The van der Waals surface area contributed by atoms with Crippen LogP contribution < -0.4 is 4.90 Å². The maximum atomic E-state index is 4.73. The van der Waals surface area contributed by atoms with Crippen LogP contribution in [0.1, 0.15) is 0 Å². The third kappa shape index (κ3) is 2.89. The van der Waals surface area contributed by atoms with Crippen LogP contribution >= 0.6 is 0 Å². The molecule has 0 saturated heterocycles. The van der Waals surface area contributed by atoms with Gasteiger partial charge in [-0.25, -0.2) is 9.97 Å². The van der Waals surface area contributed by atoms with Crippen LogP contribution in [0.15, 0.2) is 103 Å². The van der Waals surface area contributed by atoms with E-state index < -0.39 is 0 Å².